The summed E-state index contributed by atoms with van der Waals surface area (Å²) in [6.45, 7) is 7.27. The van der Waals surface area contributed by atoms with Crippen molar-refractivity contribution < 1.29 is 15.3 Å². The second-order valence-corrected chi connectivity index (χ2v) is 8.90. The van der Waals surface area contributed by atoms with Crippen molar-refractivity contribution in [3.05, 3.63) is 61.2 Å². The van der Waals surface area contributed by atoms with E-state index in [1.807, 2.05) is 52.0 Å². The number of fused-ring (bicyclic) bond motifs is 1. The summed E-state index contributed by atoms with van der Waals surface area (Å²) in [5.41, 5.74) is 7.90. The number of aromatic nitrogens is 3. The van der Waals surface area contributed by atoms with Crippen molar-refractivity contribution in [2.24, 2.45) is 0 Å². The van der Waals surface area contributed by atoms with Gasteiger partial charge in [-0.25, -0.2) is 0 Å². The third kappa shape index (κ3) is 25.0. The molecule has 0 aliphatic heterocycles. The smallest absolute Gasteiger partial charge is 0.100 e. The summed E-state index contributed by atoms with van der Waals surface area (Å²) in [7, 11) is 0. The van der Waals surface area contributed by atoms with Gasteiger partial charge in [0.05, 0.1) is 32.4 Å². The predicted octanol–water partition coefficient (Wildman–Crippen LogP) is 5.13. The van der Waals surface area contributed by atoms with Gasteiger partial charge in [-0.2, -0.15) is 0 Å². The Balaban J connectivity index is -0.000000156. The van der Waals surface area contributed by atoms with E-state index in [4.69, 9.17) is 21.1 Å². The van der Waals surface area contributed by atoms with Crippen LogP contribution in [0, 0.1) is 0 Å². The summed E-state index contributed by atoms with van der Waals surface area (Å²) in [5, 5.41) is 24.0. The summed E-state index contributed by atoms with van der Waals surface area (Å²) in [6, 6.07) is 11.3. The lowest BCUT2D eigenvalue weighted by Gasteiger charge is -1.96. The normalized spacial score (nSPS) is 8.06. The Morgan fingerprint density at radius 2 is 1.23 bits per heavy atom. The zero-order chi connectivity index (χ0) is 23.6. The number of aliphatic hydroxyl groups is 3. The van der Waals surface area contributed by atoms with Crippen LogP contribution in [0.4, 0.5) is 5.69 Å². The van der Waals surface area contributed by atoms with Crippen molar-refractivity contribution >= 4 is 61.9 Å². The summed E-state index contributed by atoms with van der Waals surface area (Å²) in [4.78, 5) is 12.0. The van der Waals surface area contributed by atoms with Gasteiger partial charge in [-0.3, -0.25) is 15.0 Å². The molecule has 0 radical (unpaired) electrons. The maximum atomic E-state index is 8.17. The highest BCUT2D eigenvalue weighted by molar-refractivity contribution is 14.2. The molecule has 0 spiro atoms. The molecule has 0 saturated heterocycles. The highest BCUT2D eigenvalue weighted by Gasteiger charge is 1.93. The number of nitrogens with two attached hydrogens (primary N) is 1. The molecule has 0 bridgehead atoms. The molecule has 3 rings (SSSR count). The van der Waals surface area contributed by atoms with Gasteiger partial charge in [-0.05, 0) is 36.4 Å². The van der Waals surface area contributed by atoms with Crippen molar-refractivity contribution in [2.45, 2.75) is 41.2 Å². The first-order chi connectivity index (χ1) is 14.6. The molecule has 178 valence electrons. The van der Waals surface area contributed by atoms with Gasteiger partial charge in [0.15, 0.2) is 0 Å². The van der Waals surface area contributed by atoms with Crippen molar-refractivity contribution in [3.8, 4) is 0 Å². The van der Waals surface area contributed by atoms with Crippen LogP contribution in [0.3, 0.4) is 0 Å². The summed E-state index contributed by atoms with van der Waals surface area (Å²) < 4.78 is 1.19. The average molecular weight is 660 g/mol. The first-order valence-corrected chi connectivity index (χ1v) is 12.5. The largest absolute Gasteiger partial charge is 0.397 e. The van der Waals surface area contributed by atoms with E-state index < -0.39 is 6.10 Å². The van der Waals surface area contributed by atoms with E-state index in [-0.39, 0.29) is 20.6 Å². The van der Waals surface area contributed by atoms with Gasteiger partial charge in [0.1, 0.15) is 6.10 Å². The van der Waals surface area contributed by atoms with Gasteiger partial charge in [0.25, 0.3) is 0 Å². The molecule has 0 saturated carbocycles. The topological polar surface area (TPSA) is 125 Å². The van der Waals surface area contributed by atoms with Crippen LogP contribution < -0.4 is 5.73 Å². The summed E-state index contributed by atoms with van der Waals surface area (Å²) in [6.07, 6.45) is 5.88. The second-order valence-electron chi connectivity index (χ2n) is 4.45. The van der Waals surface area contributed by atoms with E-state index in [1.165, 1.54) is 2.43 Å². The Hall–Kier alpha value is -1.15. The average Bonchev–Trinajstić information content (AvgIpc) is 2.83. The van der Waals surface area contributed by atoms with E-state index in [1.54, 1.807) is 36.9 Å². The summed E-state index contributed by atoms with van der Waals surface area (Å²) in [5.74, 6) is 0. The van der Waals surface area contributed by atoms with Crippen molar-refractivity contribution in [3.63, 3.8) is 0 Å². The minimum atomic E-state index is -0.954. The molecule has 0 amide bonds. The van der Waals surface area contributed by atoms with Crippen LogP contribution in [-0.4, -0.2) is 52.0 Å². The SMILES string of the molecule is C.CC.CC.ICI.Nc1cccnc1.OCC(O)CO.c1cnc2cccnc2c1. The van der Waals surface area contributed by atoms with Crippen LogP contribution in [0.1, 0.15) is 35.1 Å². The number of halogens is 2. The van der Waals surface area contributed by atoms with Crippen LogP contribution in [-0.2, 0) is 0 Å². The maximum Gasteiger partial charge on any atom is 0.100 e. The minimum absolute atomic E-state index is 0. The quantitative estimate of drug-likeness (QED) is 0.222. The monoisotopic (exact) mass is 660 g/mol. The Bertz CT molecular complexity index is 626. The number of nitrogens with zero attached hydrogens (tertiary/aromatic N) is 3. The van der Waals surface area contributed by atoms with E-state index in [0.717, 1.165) is 11.0 Å². The Morgan fingerprint density at radius 3 is 1.45 bits per heavy atom. The fourth-order valence-electron chi connectivity index (χ4n) is 1.34. The zero-order valence-corrected chi connectivity index (χ0v) is 22.3. The molecular weight excluding hydrogens is 622 g/mol. The number of hydrogen-bond acceptors (Lipinski definition) is 7. The number of rotatable bonds is 2. The van der Waals surface area contributed by atoms with E-state index in [2.05, 4.69) is 60.1 Å². The first kappa shape index (κ1) is 37.2. The van der Waals surface area contributed by atoms with Crippen LogP contribution in [0.25, 0.3) is 11.0 Å². The number of anilines is 1. The third-order valence-electron chi connectivity index (χ3n) is 2.48. The Labute approximate surface area is 214 Å². The number of pyridine rings is 3. The fraction of sp³-hybridized carbons (Fsp3) is 0.409. The maximum absolute atomic E-state index is 8.17. The van der Waals surface area contributed by atoms with Gasteiger partial charge in [0, 0.05) is 24.8 Å². The first-order valence-electron chi connectivity index (χ1n) is 9.42. The lowest BCUT2D eigenvalue weighted by Crippen LogP contribution is -2.15. The van der Waals surface area contributed by atoms with Crippen LogP contribution in [0.15, 0.2) is 61.2 Å². The third-order valence-corrected chi connectivity index (χ3v) is 2.48. The van der Waals surface area contributed by atoms with Crippen LogP contribution in [0.5, 0.6) is 0 Å². The number of hydrogen-bond donors (Lipinski definition) is 4. The number of nitrogen functional groups attached to an aromatic ring is 1. The highest BCUT2D eigenvalue weighted by Crippen LogP contribution is 2.04. The number of aliphatic hydroxyl groups excluding tert-OH is 3. The molecule has 0 aromatic carbocycles. The molecule has 3 aromatic heterocycles. The molecule has 7 nitrogen and oxygen atoms in total. The van der Waals surface area contributed by atoms with Gasteiger partial charge in [-0.15, -0.1) is 0 Å². The van der Waals surface area contributed by atoms with Crippen molar-refractivity contribution in [1.29, 1.82) is 0 Å². The minimum Gasteiger partial charge on any atom is -0.397 e. The molecule has 0 fully saturated rings. The second kappa shape index (κ2) is 31.0. The summed E-state index contributed by atoms with van der Waals surface area (Å²) >= 11 is 4.55. The van der Waals surface area contributed by atoms with Crippen LogP contribution in [0.2, 0.25) is 0 Å². The van der Waals surface area contributed by atoms with E-state index >= 15 is 0 Å². The predicted molar refractivity (Wildman–Crippen MR) is 151 cm³/mol. The zero-order valence-electron chi connectivity index (χ0n) is 18.0. The molecule has 3 aromatic rings. The lowest BCUT2D eigenvalue weighted by molar-refractivity contribution is 0.0450. The molecular formula is C22H38I2N4O3. The van der Waals surface area contributed by atoms with Gasteiger partial charge >= 0.3 is 0 Å². The van der Waals surface area contributed by atoms with Gasteiger partial charge in [0.2, 0.25) is 0 Å². The molecule has 31 heavy (non-hydrogen) atoms. The molecule has 5 N–H and O–H groups in total. The Kier molecular flexibility index (Phi) is 37.2. The van der Waals surface area contributed by atoms with Gasteiger partial charge in [-0.1, -0.05) is 80.3 Å². The van der Waals surface area contributed by atoms with Crippen LogP contribution >= 0.6 is 45.2 Å². The van der Waals surface area contributed by atoms with E-state index in [9.17, 15) is 0 Å². The van der Waals surface area contributed by atoms with Crippen molar-refractivity contribution in [2.75, 3.05) is 21.4 Å². The molecule has 0 unspecified atom stereocenters. The molecule has 0 aliphatic rings. The fourth-order valence-corrected chi connectivity index (χ4v) is 1.34. The highest BCUT2D eigenvalue weighted by atomic mass is 127. The Morgan fingerprint density at radius 1 is 0.839 bits per heavy atom. The molecule has 9 heteroatoms. The standard InChI is InChI=1S/C8H6N2.C5H6N2.C3H8O3.2C2H6.CH2I2.CH4/c1-3-7-8(9-5-1)4-2-6-10-7;6-5-2-1-3-7-4-5;4-1-3(6)2-5;2*1-2;2-1-3;/h1-6H;1-4H,6H2;3-6H,1-2H2;2*1-2H3;1H2;1H4. The van der Waals surface area contributed by atoms with E-state index in [0.29, 0.717) is 5.69 Å². The number of alkyl halides is 2. The molecule has 3 heterocycles. The molecule has 0 aliphatic carbocycles. The molecule has 0 atom stereocenters. The van der Waals surface area contributed by atoms with Gasteiger partial charge < -0.3 is 21.1 Å². The lowest BCUT2D eigenvalue weighted by atomic mass is 10.3. The van der Waals surface area contributed by atoms with Crippen molar-refractivity contribution in [1.82, 2.24) is 15.0 Å².